The predicted molar refractivity (Wildman–Crippen MR) is 155 cm³/mol. The van der Waals surface area contributed by atoms with E-state index in [0.717, 1.165) is 23.8 Å². The zero-order valence-corrected chi connectivity index (χ0v) is 24.5. The fourth-order valence-corrected chi connectivity index (χ4v) is 6.56. The van der Waals surface area contributed by atoms with Gasteiger partial charge < -0.3 is 34.3 Å². The third-order valence-electron chi connectivity index (χ3n) is 8.85. The van der Waals surface area contributed by atoms with E-state index in [1.54, 1.807) is 43.6 Å². The molecule has 1 aromatic carbocycles. The van der Waals surface area contributed by atoms with Crippen LogP contribution in [0.4, 0.5) is 23.2 Å². The number of halogens is 4. The average molecular weight is 618 g/mol. The molecule has 1 aliphatic carbocycles. The lowest BCUT2D eigenvalue weighted by Crippen LogP contribution is -2.46. The van der Waals surface area contributed by atoms with Gasteiger partial charge in [0.25, 0.3) is 5.91 Å². The van der Waals surface area contributed by atoms with Crippen molar-refractivity contribution < 1.29 is 31.6 Å². The van der Waals surface area contributed by atoms with Gasteiger partial charge in [0.15, 0.2) is 0 Å². The maximum Gasteiger partial charge on any atom is 0.406 e. The van der Waals surface area contributed by atoms with E-state index < -0.39 is 30.8 Å². The number of benzene rings is 1. The highest BCUT2D eigenvalue weighted by Gasteiger charge is 2.41. The molecule has 14 heteroatoms. The van der Waals surface area contributed by atoms with E-state index in [1.807, 2.05) is 16.5 Å². The lowest BCUT2D eigenvalue weighted by atomic mass is 9.77. The van der Waals surface area contributed by atoms with E-state index in [1.165, 1.54) is 0 Å². The summed E-state index contributed by atoms with van der Waals surface area (Å²) in [7, 11) is 3.47. The second-order valence-electron chi connectivity index (χ2n) is 11.9. The monoisotopic (exact) mass is 617 g/mol. The van der Waals surface area contributed by atoms with Crippen molar-refractivity contribution in [1.29, 1.82) is 0 Å². The van der Waals surface area contributed by atoms with Crippen molar-refractivity contribution in [3.63, 3.8) is 0 Å². The SMILES string of the molecule is COCC1(n2ccc(C(N)=O)c2Cc2nc(-c3cc4c(N[C@@H]5CCN(C)C[C@@H]5F)cccc4n3CC(F)(F)F)no2)CCC1. The first-order valence-electron chi connectivity index (χ1n) is 14.6. The van der Waals surface area contributed by atoms with Crippen LogP contribution < -0.4 is 11.1 Å². The van der Waals surface area contributed by atoms with Gasteiger partial charge in [-0.25, -0.2) is 4.39 Å². The molecule has 2 aliphatic rings. The number of carbonyl (C=O) groups excluding carboxylic acids is 1. The first-order chi connectivity index (χ1) is 21.0. The topological polar surface area (TPSA) is 116 Å². The standard InChI is InChI=1S/C30H35F4N7O3/c1-39-11-8-22(20(31)15-39)36-21-5-3-6-23-19(21)13-25(40(23)16-30(32,33)34)28-37-26(44-38-28)14-24-18(27(35)42)7-12-41(24)29(17-43-2)9-4-10-29/h3,5-7,12-13,20,22,36H,4,8-11,14-17H2,1-2H3,(H2,35,42)/t20-,22+/m0/s1. The van der Waals surface area contributed by atoms with E-state index in [9.17, 15) is 22.4 Å². The molecule has 0 radical (unpaired) electrons. The van der Waals surface area contributed by atoms with E-state index in [-0.39, 0.29) is 35.9 Å². The fraction of sp³-hybridized carbons (Fsp3) is 0.500. The fourth-order valence-electron chi connectivity index (χ4n) is 6.56. The number of alkyl halides is 4. The number of methoxy groups -OCH3 is 1. The first kappa shape index (κ1) is 30.1. The molecular weight excluding hydrogens is 582 g/mol. The minimum absolute atomic E-state index is 0.0389. The van der Waals surface area contributed by atoms with Crippen LogP contribution in [0.25, 0.3) is 22.4 Å². The number of primary amides is 1. The van der Waals surface area contributed by atoms with Crippen molar-refractivity contribution >= 4 is 22.5 Å². The third kappa shape index (κ3) is 5.68. The minimum atomic E-state index is -4.54. The minimum Gasteiger partial charge on any atom is -0.382 e. The number of ether oxygens (including phenoxy) is 1. The number of nitrogens with two attached hydrogens (primary N) is 1. The van der Waals surface area contributed by atoms with Crippen molar-refractivity contribution in [2.45, 2.75) is 62.6 Å². The van der Waals surface area contributed by atoms with Gasteiger partial charge in [-0.1, -0.05) is 11.2 Å². The molecule has 236 valence electrons. The Kier molecular flexibility index (Phi) is 7.91. The molecule has 1 amide bonds. The first-order valence-corrected chi connectivity index (χ1v) is 14.6. The summed E-state index contributed by atoms with van der Waals surface area (Å²) in [6, 6.07) is 7.69. The number of likely N-dealkylation sites (tertiary alicyclic amines) is 1. The molecule has 44 heavy (non-hydrogen) atoms. The third-order valence-corrected chi connectivity index (χ3v) is 8.85. The van der Waals surface area contributed by atoms with Gasteiger partial charge >= 0.3 is 6.18 Å². The van der Waals surface area contributed by atoms with Crippen LogP contribution in [0.5, 0.6) is 0 Å². The van der Waals surface area contributed by atoms with E-state index in [2.05, 4.69) is 15.5 Å². The molecule has 4 heterocycles. The summed E-state index contributed by atoms with van der Waals surface area (Å²) in [6.45, 7) is 0.129. The van der Waals surface area contributed by atoms with Crippen LogP contribution in [-0.2, 0) is 23.2 Å². The number of anilines is 1. The molecule has 4 aromatic rings. The van der Waals surface area contributed by atoms with Gasteiger partial charge in [-0.05, 0) is 57.0 Å². The summed E-state index contributed by atoms with van der Waals surface area (Å²) in [5.74, 6) is -0.540. The van der Waals surface area contributed by atoms with Gasteiger partial charge in [-0.15, -0.1) is 0 Å². The second kappa shape index (κ2) is 11.5. The lowest BCUT2D eigenvalue weighted by molar-refractivity contribution is -0.139. The zero-order chi connectivity index (χ0) is 31.2. The van der Waals surface area contributed by atoms with E-state index >= 15 is 0 Å². The Morgan fingerprint density at radius 3 is 2.73 bits per heavy atom. The molecule has 2 atom stereocenters. The summed E-state index contributed by atoms with van der Waals surface area (Å²) in [6.07, 6.45) is -0.565. The predicted octanol–water partition coefficient (Wildman–Crippen LogP) is 4.72. The van der Waals surface area contributed by atoms with E-state index in [0.29, 0.717) is 47.4 Å². The summed E-state index contributed by atoms with van der Waals surface area (Å²) < 4.78 is 70.4. The Bertz CT molecular complexity index is 1660. The van der Waals surface area contributed by atoms with Crippen molar-refractivity contribution in [2.75, 3.05) is 39.2 Å². The largest absolute Gasteiger partial charge is 0.406 e. The highest BCUT2D eigenvalue weighted by atomic mass is 19.4. The van der Waals surface area contributed by atoms with Crippen LogP contribution in [0.3, 0.4) is 0 Å². The molecule has 0 spiro atoms. The number of carbonyl (C=O) groups is 1. The number of rotatable bonds is 10. The van der Waals surface area contributed by atoms with Crippen LogP contribution in [-0.4, -0.2) is 82.3 Å². The van der Waals surface area contributed by atoms with E-state index in [4.69, 9.17) is 15.0 Å². The molecule has 3 N–H and O–H groups in total. The molecule has 1 saturated heterocycles. The molecule has 0 unspecified atom stereocenters. The van der Waals surface area contributed by atoms with Crippen LogP contribution >= 0.6 is 0 Å². The number of hydrogen-bond acceptors (Lipinski definition) is 7. The number of fused-ring (bicyclic) bond motifs is 1. The number of piperidine rings is 1. The Labute approximate surface area is 251 Å². The number of hydrogen-bond donors (Lipinski definition) is 2. The molecule has 6 rings (SSSR count). The Morgan fingerprint density at radius 2 is 2.07 bits per heavy atom. The molecular formula is C30H35F4N7O3. The van der Waals surface area contributed by atoms with Gasteiger partial charge in [0, 0.05) is 43.2 Å². The molecule has 1 aliphatic heterocycles. The van der Waals surface area contributed by atoms with Crippen LogP contribution in [0.2, 0.25) is 0 Å². The molecule has 2 fully saturated rings. The van der Waals surface area contributed by atoms with Gasteiger partial charge in [-0.2, -0.15) is 18.2 Å². The Morgan fingerprint density at radius 1 is 1.27 bits per heavy atom. The van der Waals surface area contributed by atoms with Crippen LogP contribution in [0, 0.1) is 0 Å². The summed E-state index contributed by atoms with van der Waals surface area (Å²) in [5.41, 5.74) is 7.14. The maximum atomic E-state index is 14.8. The number of amides is 1. The Balaban J connectivity index is 1.37. The van der Waals surface area contributed by atoms with Gasteiger partial charge in [-0.3, -0.25) is 4.79 Å². The van der Waals surface area contributed by atoms with Crippen molar-refractivity contribution in [2.24, 2.45) is 5.73 Å². The molecule has 0 bridgehead atoms. The second-order valence-corrected chi connectivity index (χ2v) is 11.9. The summed E-state index contributed by atoms with van der Waals surface area (Å²) in [5, 5.41) is 7.76. The maximum absolute atomic E-state index is 14.8. The van der Waals surface area contributed by atoms with Gasteiger partial charge in [0.05, 0.1) is 41.4 Å². The molecule has 1 saturated carbocycles. The molecule has 3 aromatic heterocycles. The number of nitrogens with one attached hydrogen (secondary N) is 1. The van der Waals surface area contributed by atoms with Crippen molar-refractivity contribution in [3.8, 4) is 11.5 Å². The lowest BCUT2D eigenvalue weighted by Gasteiger charge is -2.44. The van der Waals surface area contributed by atoms with Crippen molar-refractivity contribution in [1.82, 2.24) is 24.2 Å². The van der Waals surface area contributed by atoms with Crippen LogP contribution in [0.15, 0.2) is 41.1 Å². The molecule has 10 nitrogen and oxygen atoms in total. The highest BCUT2D eigenvalue weighted by Crippen LogP contribution is 2.42. The van der Waals surface area contributed by atoms with Gasteiger partial charge in [0.2, 0.25) is 11.7 Å². The summed E-state index contributed by atoms with van der Waals surface area (Å²) >= 11 is 0. The zero-order valence-electron chi connectivity index (χ0n) is 24.5. The quantitative estimate of drug-likeness (QED) is 0.247. The Hall–Kier alpha value is -3.91. The van der Waals surface area contributed by atoms with Gasteiger partial charge in [0.1, 0.15) is 12.7 Å². The average Bonchev–Trinajstić information content (AvgIpc) is 3.66. The number of nitrogens with zero attached hydrogens (tertiary/aromatic N) is 5. The smallest absolute Gasteiger partial charge is 0.382 e. The summed E-state index contributed by atoms with van der Waals surface area (Å²) in [4.78, 5) is 18.7. The number of aromatic nitrogens is 4. The normalized spacial score (nSPS) is 20.6. The van der Waals surface area contributed by atoms with Crippen LogP contribution in [0.1, 0.15) is 47.6 Å². The van der Waals surface area contributed by atoms with Crippen molar-refractivity contribution in [3.05, 3.63) is 53.7 Å². The highest BCUT2D eigenvalue weighted by molar-refractivity contribution is 5.96.